The van der Waals surface area contributed by atoms with Crippen LogP contribution >= 0.6 is 0 Å². The SMILES string of the molecule is CCOC(=O)NC1CCCN(c2nc3c(c(=O)n(C)c(=O)n3C)n2CC=C(C)C)C1. The molecule has 2 aromatic rings. The highest BCUT2D eigenvalue weighted by Gasteiger charge is 2.27. The second kappa shape index (κ2) is 8.76. The van der Waals surface area contributed by atoms with Crippen LogP contribution in [0.2, 0.25) is 0 Å². The van der Waals surface area contributed by atoms with Gasteiger partial charge in [0.25, 0.3) is 5.56 Å². The molecule has 1 saturated heterocycles. The minimum atomic E-state index is -0.432. The number of hydrogen-bond acceptors (Lipinski definition) is 6. The van der Waals surface area contributed by atoms with Gasteiger partial charge >= 0.3 is 11.8 Å². The summed E-state index contributed by atoms with van der Waals surface area (Å²) in [6, 6.07) is -0.0823. The quantitative estimate of drug-likeness (QED) is 0.730. The summed E-state index contributed by atoms with van der Waals surface area (Å²) >= 11 is 0. The molecule has 0 aromatic carbocycles. The molecule has 1 N–H and O–H groups in total. The molecule has 0 aliphatic carbocycles. The molecule has 0 saturated carbocycles. The smallest absolute Gasteiger partial charge is 0.407 e. The maximum Gasteiger partial charge on any atom is 0.407 e. The highest BCUT2D eigenvalue weighted by molar-refractivity contribution is 5.75. The maximum absolute atomic E-state index is 12.9. The van der Waals surface area contributed by atoms with E-state index >= 15 is 0 Å². The zero-order valence-corrected chi connectivity index (χ0v) is 18.3. The molecule has 0 spiro atoms. The number of piperidine rings is 1. The number of ether oxygens (including phenoxy) is 1. The number of hydrogen-bond donors (Lipinski definition) is 1. The van der Waals surface area contributed by atoms with Crippen LogP contribution in [0.25, 0.3) is 11.2 Å². The first-order valence-corrected chi connectivity index (χ1v) is 10.2. The highest BCUT2D eigenvalue weighted by Crippen LogP contribution is 2.23. The zero-order valence-electron chi connectivity index (χ0n) is 18.3. The van der Waals surface area contributed by atoms with Gasteiger partial charge in [-0.1, -0.05) is 11.6 Å². The number of alkyl carbamates (subject to hydrolysis) is 1. The Morgan fingerprint density at radius 3 is 2.67 bits per heavy atom. The van der Waals surface area contributed by atoms with Crippen molar-refractivity contribution in [3.8, 4) is 0 Å². The van der Waals surface area contributed by atoms with Gasteiger partial charge in [0.2, 0.25) is 5.95 Å². The van der Waals surface area contributed by atoms with Crippen LogP contribution in [0.1, 0.15) is 33.6 Å². The van der Waals surface area contributed by atoms with E-state index in [1.54, 1.807) is 14.0 Å². The Bertz CT molecular complexity index is 1090. The maximum atomic E-state index is 12.9. The van der Waals surface area contributed by atoms with Gasteiger partial charge in [0.1, 0.15) is 0 Å². The van der Waals surface area contributed by atoms with E-state index in [2.05, 4.69) is 10.2 Å². The Balaban J connectivity index is 2.07. The van der Waals surface area contributed by atoms with Crippen molar-refractivity contribution in [1.82, 2.24) is 24.0 Å². The molecule has 3 heterocycles. The number of fused-ring (bicyclic) bond motifs is 1. The monoisotopic (exact) mass is 418 g/mol. The summed E-state index contributed by atoms with van der Waals surface area (Å²) in [5, 5.41) is 2.89. The number of imidazole rings is 1. The number of nitrogens with one attached hydrogen (secondary N) is 1. The molecule has 0 bridgehead atoms. The minimum absolute atomic E-state index is 0.0823. The molecule has 2 aromatic heterocycles. The predicted octanol–water partition coefficient (Wildman–Crippen LogP) is 1.11. The standard InChI is InChI=1S/C20H30N6O4/c1-6-30-19(28)21-14-8-7-10-25(12-14)18-22-16-15(26(18)11-9-13(2)3)17(27)24(5)20(29)23(16)4/h9,14H,6-8,10-12H2,1-5H3,(H,21,28). The minimum Gasteiger partial charge on any atom is -0.450 e. The molecule has 1 fully saturated rings. The average molecular weight is 418 g/mol. The molecule has 1 aliphatic heterocycles. The third-order valence-electron chi connectivity index (χ3n) is 5.31. The highest BCUT2D eigenvalue weighted by atomic mass is 16.5. The molecule has 1 aliphatic rings. The van der Waals surface area contributed by atoms with Crippen molar-refractivity contribution in [2.45, 2.75) is 46.2 Å². The van der Waals surface area contributed by atoms with E-state index in [-0.39, 0.29) is 11.6 Å². The van der Waals surface area contributed by atoms with Crippen molar-refractivity contribution in [2.75, 3.05) is 24.6 Å². The summed E-state index contributed by atoms with van der Waals surface area (Å²) in [5.41, 5.74) is 1.09. The molecule has 3 rings (SSSR count). The molecule has 1 amide bonds. The van der Waals surface area contributed by atoms with Crippen LogP contribution in [0.4, 0.5) is 10.7 Å². The molecule has 10 heteroatoms. The first kappa shape index (κ1) is 21.7. The lowest BCUT2D eigenvalue weighted by Crippen LogP contribution is -2.48. The number of nitrogens with zero attached hydrogens (tertiary/aromatic N) is 5. The second-order valence-electron chi connectivity index (χ2n) is 7.83. The third kappa shape index (κ3) is 4.12. The van der Waals surface area contributed by atoms with Crippen LogP contribution in [0.3, 0.4) is 0 Å². The van der Waals surface area contributed by atoms with E-state index in [4.69, 9.17) is 9.72 Å². The van der Waals surface area contributed by atoms with E-state index in [1.807, 2.05) is 24.5 Å². The Hall–Kier alpha value is -3.04. The molecule has 1 atom stereocenters. The van der Waals surface area contributed by atoms with Gasteiger partial charge in [0.05, 0.1) is 6.61 Å². The van der Waals surface area contributed by atoms with E-state index in [0.29, 0.717) is 36.8 Å². The Kier molecular flexibility index (Phi) is 6.33. The van der Waals surface area contributed by atoms with Gasteiger partial charge in [0.15, 0.2) is 11.2 Å². The molecule has 30 heavy (non-hydrogen) atoms. The first-order valence-electron chi connectivity index (χ1n) is 10.2. The van der Waals surface area contributed by atoms with Crippen LogP contribution in [-0.2, 0) is 25.4 Å². The number of rotatable bonds is 5. The molecular weight excluding hydrogens is 388 g/mol. The Morgan fingerprint density at radius 1 is 1.27 bits per heavy atom. The van der Waals surface area contributed by atoms with Crippen LogP contribution < -0.4 is 21.5 Å². The van der Waals surface area contributed by atoms with Gasteiger partial charge in [-0.25, -0.2) is 9.59 Å². The summed E-state index contributed by atoms with van der Waals surface area (Å²) in [4.78, 5) is 43.9. The van der Waals surface area contributed by atoms with Crippen LogP contribution in [0, 0.1) is 0 Å². The molecular formula is C20H30N6O4. The zero-order chi connectivity index (χ0) is 22.0. The van der Waals surface area contributed by atoms with Crippen LogP contribution in [-0.4, -0.2) is 50.5 Å². The van der Waals surface area contributed by atoms with Crippen LogP contribution in [0.5, 0.6) is 0 Å². The Labute approximate surface area is 174 Å². The first-order chi connectivity index (χ1) is 14.2. The number of aromatic nitrogens is 4. The molecule has 1 unspecified atom stereocenters. The largest absolute Gasteiger partial charge is 0.450 e. The van der Waals surface area contributed by atoms with E-state index in [0.717, 1.165) is 29.5 Å². The van der Waals surface area contributed by atoms with Crippen molar-refractivity contribution in [3.63, 3.8) is 0 Å². The van der Waals surface area contributed by atoms with Crippen LogP contribution in [0.15, 0.2) is 21.2 Å². The van der Waals surface area contributed by atoms with Gasteiger partial charge < -0.3 is 19.5 Å². The van der Waals surface area contributed by atoms with Gasteiger partial charge in [-0.2, -0.15) is 4.98 Å². The summed E-state index contributed by atoms with van der Waals surface area (Å²) < 4.78 is 9.36. The fourth-order valence-corrected chi connectivity index (χ4v) is 3.74. The summed E-state index contributed by atoms with van der Waals surface area (Å²) in [5.74, 6) is 0.621. The topological polar surface area (TPSA) is 103 Å². The van der Waals surface area contributed by atoms with Crippen molar-refractivity contribution >= 4 is 23.2 Å². The van der Waals surface area contributed by atoms with Crippen molar-refractivity contribution in [2.24, 2.45) is 14.1 Å². The lowest BCUT2D eigenvalue weighted by atomic mass is 10.1. The van der Waals surface area contributed by atoms with Crippen molar-refractivity contribution in [1.29, 1.82) is 0 Å². The second-order valence-corrected chi connectivity index (χ2v) is 7.83. The van der Waals surface area contributed by atoms with E-state index in [1.165, 1.54) is 11.6 Å². The van der Waals surface area contributed by atoms with Crippen molar-refractivity contribution < 1.29 is 9.53 Å². The number of allylic oxidation sites excluding steroid dienone is 2. The van der Waals surface area contributed by atoms with E-state index < -0.39 is 11.8 Å². The summed E-state index contributed by atoms with van der Waals surface area (Å²) in [7, 11) is 3.09. The normalized spacial score (nSPS) is 16.6. The van der Waals surface area contributed by atoms with Gasteiger partial charge in [-0.05, 0) is 33.6 Å². The van der Waals surface area contributed by atoms with Crippen molar-refractivity contribution in [3.05, 3.63) is 32.5 Å². The van der Waals surface area contributed by atoms with Gasteiger partial charge in [-0.15, -0.1) is 0 Å². The Morgan fingerprint density at radius 2 is 2.00 bits per heavy atom. The number of anilines is 1. The number of carbonyl (C=O) groups excluding carboxylic acids is 1. The lowest BCUT2D eigenvalue weighted by molar-refractivity contribution is 0.146. The molecule has 10 nitrogen and oxygen atoms in total. The number of aryl methyl sites for hydroxylation is 1. The van der Waals surface area contributed by atoms with Gasteiger partial charge in [0, 0.05) is 39.8 Å². The van der Waals surface area contributed by atoms with E-state index in [9.17, 15) is 14.4 Å². The number of carbonyl (C=O) groups is 1. The third-order valence-corrected chi connectivity index (χ3v) is 5.31. The fraction of sp³-hybridized carbons (Fsp3) is 0.600. The van der Waals surface area contributed by atoms with Gasteiger partial charge in [-0.3, -0.25) is 13.9 Å². The summed E-state index contributed by atoms with van der Waals surface area (Å²) in [6.45, 7) is 7.83. The predicted molar refractivity (Wildman–Crippen MR) is 115 cm³/mol. The lowest BCUT2D eigenvalue weighted by Gasteiger charge is -2.33. The molecule has 0 radical (unpaired) electrons. The average Bonchev–Trinajstić information content (AvgIpc) is 3.09. The summed E-state index contributed by atoms with van der Waals surface area (Å²) in [6.07, 6.45) is 3.29. The fourth-order valence-electron chi connectivity index (χ4n) is 3.74. The number of amides is 1. The molecule has 164 valence electrons.